The summed E-state index contributed by atoms with van der Waals surface area (Å²) in [6.07, 6.45) is 4.31. The number of aryl methyl sites for hydroxylation is 2. The zero-order valence-corrected chi connectivity index (χ0v) is 15.4. The van der Waals surface area contributed by atoms with E-state index in [1.165, 1.54) is 5.56 Å². The minimum atomic E-state index is -0.253. The van der Waals surface area contributed by atoms with Gasteiger partial charge in [-0.15, -0.1) is 0 Å². The molecule has 1 amide bonds. The highest BCUT2D eigenvalue weighted by Crippen LogP contribution is 2.52. The molecule has 26 heavy (non-hydrogen) atoms. The molecule has 3 heterocycles. The lowest BCUT2D eigenvalue weighted by molar-refractivity contribution is 0.0569. The molecule has 0 aliphatic carbocycles. The van der Waals surface area contributed by atoms with Crippen molar-refractivity contribution >= 4 is 5.91 Å². The molecule has 2 saturated heterocycles. The quantitative estimate of drug-likeness (QED) is 0.896. The fourth-order valence-electron chi connectivity index (χ4n) is 5.08. The van der Waals surface area contributed by atoms with E-state index in [2.05, 4.69) is 17.3 Å². The van der Waals surface area contributed by atoms with Crippen LogP contribution in [0.25, 0.3) is 0 Å². The molecule has 5 nitrogen and oxygen atoms in total. The number of rotatable bonds is 5. The Bertz CT molecular complexity index is 801. The van der Waals surface area contributed by atoms with Gasteiger partial charge >= 0.3 is 0 Å². The standard InChI is InChI=1S/C21H26N2O3/c1-3-17-19(14(2)26-22-17)20(25)23-16-9-10-18(23)21(12-16,13-24)11-15-7-5-4-6-8-15/h4-8,16,18,24H,3,9-13H2,1-2H3/t16-,18+,21-/m0/s1. The smallest absolute Gasteiger partial charge is 0.259 e. The van der Waals surface area contributed by atoms with Gasteiger partial charge in [-0.2, -0.15) is 0 Å². The Labute approximate surface area is 154 Å². The third-order valence-electron chi connectivity index (χ3n) is 6.28. The summed E-state index contributed by atoms with van der Waals surface area (Å²) in [5.41, 5.74) is 2.32. The molecular weight excluding hydrogens is 328 g/mol. The van der Waals surface area contributed by atoms with Crippen LogP contribution in [-0.2, 0) is 12.8 Å². The van der Waals surface area contributed by atoms with Gasteiger partial charge in [-0.3, -0.25) is 4.79 Å². The Morgan fingerprint density at radius 2 is 2.12 bits per heavy atom. The van der Waals surface area contributed by atoms with Crippen LogP contribution in [-0.4, -0.2) is 39.8 Å². The second-order valence-corrected chi connectivity index (χ2v) is 7.76. The number of carbonyl (C=O) groups excluding carboxylic acids is 1. The molecule has 0 spiro atoms. The van der Waals surface area contributed by atoms with E-state index in [4.69, 9.17) is 4.52 Å². The van der Waals surface area contributed by atoms with Crippen molar-refractivity contribution in [3.05, 3.63) is 52.9 Å². The highest BCUT2D eigenvalue weighted by atomic mass is 16.5. The molecule has 3 atom stereocenters. The van der Waals surface area contributed by atoms with Crippen molar-refractivity contribution in [2.75, 3.05) is 6.61 Å². The second kappa shape index (κ2) is 6.54. The number of fused-ring (bicyclic) bond motifs is 2. The van der Waals surface area contributed by atoms with Gasteiger partial charge in [0.05, 0.1) is 12.3 Å². The Hall–Kier alpha value is -2.14. The number of benzene rings is 1. The van der Waals surface area contributed by atoms with E-state index in [1.54, 1.807) is 6.92 Å². The van der Waals surface area contributed by atoms with E-state index < -0.39 is 0 Å². The van der Waals surface area contributed by atoms with Crippen LogP contribution in [0.15, 0.2) is 34.9 Å². The first-order valence-corrected chi connectivity index (χ1v) is 9.52. The van der Waals surface area contributed by atoms with Crippen LogP contribution < -0.4 is 0 Å². The van der Waals surface area contributed by atoms with Crippen LogP contribution in [0.4, 0.5) is 0 Å². The fourth-order valence-corrected chi connectivity index (χ4v) is 5.08. The Balaban J connectivity index is 1.65. The molecule has 0 saturated carbocycles. The summed E-state index contributed by atoms with van der Waals surface area (Å²) in [4.78, 5) is 15.4. The summed E-state index contributed by atoms with van der Waals surface area (Å²) in [6, 6.07) is 10.6. The Morgan fingerprint density at radius 3 is 2.81 bits per heavy atom. The van der Waals surface area contributed by atoms with E-state index in [0.717, 1.165) is 31.4 Å². The molecule has 1 aromatic carbocycles. The summed E-state index contributed by atoms with van der Waals surface area (Å²) < 4.78 is 5.29. The van der Waals surface area contributed by atoms with Crippen LogP contribution in [0.5, 0.6) is 0 Å². The number of aromatic nitrogens is 1. The number of amides is 1. The Kier molecular flexibility index (Phi) is 4.35. The van der Waals surface area contributed by atoms with Gasteiger partial charge < -0.3 is 14.5 Å². The lowest BCUT2D eigenvalue weighted by atomic mass is 9.70. The number of carbonyl (C=O) groups is 1. The monoisotopic (exact) mass is 354 g/mol. The lowest BCUT2D eigenvalue weighted by Gasteiger charge is -2.36. The number of aliphatic hydroxyl groups is 1. The van der Waals surface area contributed by atoms with Crippen LogP contribution in [0, 0.1) is 12.3 Å². The van der Waals surface area contributed by atoms with Gasteiger partial charge in [-0.05, 0) is 44.6 Å². The highest BCUT2D eigenvalue weighted by Gasteiger charge is 2.57. The molecule has 2 aliphatic rings. The van der Waals surface area contributed by atoms with Gasteiger partial charge in [0.25, 0.3) is 5.91 Å². The van der Waals surface area contributed by atoms with Crippen molar-refractivity contribution in [2.24, 2.45) is 5.41 Å². The molecule has 0 radical (unpaired) electrons. The normalized spacial score (nSPS) is 27.3. The summed E-state index contributed by atoms with van der Waals surface area (Å²) in [7, 11) is 0. The minimum Gasteiger partial charge on any atom is -0.396 e. The Morgan fingerprint density at radius 1 is 1.35 bits per heavy atom. The van der Waals surface area contributed by atoms with Crippen molar-refractivity contribution in [3.63, 3.8) is 0 Å². The van der Waals surface area contributed by atoms with Gasteiger partial charge in [-0.25, -0.2) is 0 Å². The largest absolute Gasteiger partial charge is 0.396 e. The number of hydrogen-bond acceptors (Lipinski definition) is 4. The molecule has 0 unspecified atom stereocenters. The zero-order chi connectivity index (χ0) is 18.3. The lowest BCUT2D eigenvalue weighted by Crippen LogP contribution is -2.44. The molecule has 1 aromatic heterocycles. The molecule has 4 rings (SSSR count). The van der Waals surface area contributed by atoms with E-state index in [9.17, 15) is 9.90 Å². The SMILES string of the molecule is CCc1noc(C)c1C(=O)N1[C@H]2CC[C@@H]1[C@@](CO)(Cc1ccccc1)C2. The topological polar surface area (TPSA) is 66.6 Å². The predicted octanol–water partition coefficient (Wildman–Crippen LogP) is 3.14. The van der Waals surface area contributed by atoms with Gasteiger partial charge in [-0.1, -0.05) is 42.4 Å². The average Bonchev–Trinajstić information content (AvgIpc) is 3.33. The number of aliphatic hydroxyl groups excluding tert-OH is 1. The first kappa shape index (κ1) is 17.3. The molecule has 2 aliphatic heterocycles. The van der Waals surface area contributed by atoms with Crippen LogP contribution in [0.2, 0.25) is 0 Å². The summed E-state index contributed by atoms with van der Waals surface area (Å²) in [5.74, 6) is 0.618. The minimum absolute atomic E-state index is 0.0245. The maximum absolute atomic E-state index is 13.4. The van der Waals surface area contributed by atoms with Crippen molar-refractivity contribution < 1.29 is 14.4 Å². The van der Waals surface area contributed by atoms with E-state index in [1.807, 2.05) is 30.0 Å². The van der Waals surface area contributed by atoms with Crippen molar-refractivity contribution in [1.82, 2.24) is 10.1 Å². The molecule has 5 heteroatoms. The third kappa shape index (κ3) is 2.57. The number of hydrogen-bond donors (Lipinski definition) is 1. The summed E-state index contributed by atoms with van der Waals surface area (Å²) >= 11 is 0. The highest BCUT2D eigenvalue weighted by molar-refractivity contribution is 5.97. The van der Waals surface area contributed by atoms with Gasteiger partial charge in [0.15, 0.2) is 0 Å². The van der Waals surface area contributed by atoms with Crippen molar-refractivity contribution in [1.29, 1.82) is 0 Å². The molecule has 2 aromatic rings. The first-order chi connectivity index (χ1) is 12.6. The van der Waals surface area contributed by atoms with Gasteiger partial charge in [0.1, 0.15) is 11.3 Å². The maximum Gasteiger partial charge on any atom is 0.259 e. The van der Waals surface area contributed by atoms with Crippen molar-refractivity contribution in [2.45, 2.75) is 58.0 Å². The molecule has 2 fully saturated rings. The van der Waals surface area contributed by atoms with Crippen LogP contribution >= 0.6 is 0 Å². The maximum atomic E-state index is 13.4. The first-order valence-electron chi connectivity index (χ1n) is 9.52. The van der Waals surface area contributed by atoms with Crippen LogP contribution in [0.1, 0.15) is 53.6 Å². The van der Waals surface area contributed by atoms with Gasteiger partial charge in [0, 0.05) is 17.5 Å². The molecule has 2 bridgehead atoms. The zero-order valence-electron chi connectivity index (χ0n) is 15.4. The summed E-state index contributed by atoms with van der Waals surface area (Å²) in [5, 5.41) is 14.4. The fraction of sp³-hybridized carbons (Fsp3) is 0.524. The van der Waals surface area contributed by atoms with E-state index in [0.29, 0.717) is 17.7 Å². The van der Waals surface area contributed by atoms with Gasteiger partial charge in [0.2, 0.25) is 0 Å². The van der Waals surface area contributed by atoms with E-state index in [-0.39, 0.29) is 30.0 Å². The predicted molar refractivity (Wildman–Crippen MR) is 97.9 cm³/mol. The summed E-state index contributed by atoms with van der Waals surface area (Å²) in [6.45, 7) is 3.90. The van der Waals surface area contributed by atoms with E-state index >= 15 is 0 Å². The molecule has 138 valence electrons. The average molecular weight is 354 g/mol. The van der Waals surface area contributed by atoms with Crippen molar-refractivity contribution in [3.8, 4) is 0 Å². The second-order valence-electron chi connectivity index (χ2n) is 7.76. The third-order valence-corrected chi connectivity index (χ3v) is 6.28. The van der Waals surface area contributed by atoms with Crippen LogP contribution in [0.3, 0.4) is 0 Å². The molecular formula is C21H26N2O3. The molecule has 1 N–H and O–H groups in total. The number of nitrogens with zero attached hydrogens (tertiary/aromatic N) is 2.